The van der Waals surface area contributed by atoms with Crippen LogP contribution in [0.5, 0.6) is 0 Å². The van der Waals surface area contributed by atoms with E-state index in [1.807, 2.05) is 55.6 Å². The predicted molar refractivity (Wildman–Crippen MR) is 202 cm³/mol. The Morgan fingerprint density at radius 1 is 1.06 bits per heavy atom. The highest BCUT2D eigenvalue weighted by Gasteiger charge is 2.40. The molecule has 3 aromatic heterocycles. The van der Waals surface area contributed by atoms with Crippen molar-refractivity contribution < 1.29 is 19.4 Å². The smallest absolute Gasteiger partial charge is 0.310 e. The monoisotopic (exact) mass is 694 g/mol. The van der Waals surface area contributed by atoms with E-state index in [0.717, 1.165) is 74.8 Å². The van der Waals surface area contributed by atoms with Gasteiger partial charge in [0, 0.05) is 42.1 Å². The molecule has 0 amide bonds. The lowest BCUT2D eigenvalue weighted by molar-refractivity contribution is -0.147. The molecule has 1 aliphatic heterocycles. The summed E-state index contributed by atoms with van der Waals surface area (Å²) in [4.78, 5) is 28.2. The number of carbonyl (C=O) groups is 1. The van der Waals surface area contributed by atoms with Crippen molar-refractivity contribution in [3.05, 3.63) is 101 Å². The van der Waals surface area contributed by atoms with Gasteiger partial charge in [-0.1, -0.05) is 24.3 Å². The van der Waals surface area contributed by atoms with E-state index in [-0.39, 0.29) is 6.10 Å². The number of anilines is 2. The zero-order valence-electron chi connectivity index (χ0n) is 29.9. The summed E-state index contributed by atoms with van der Waals surface area (Å²) in [6, 6.07) is 22.4. The average Bonchev–Trinajstić information content (AvgIpc) is 3.73. The standard InChI is InChI=1S/C42H42N6O4/c1-25(49)8-5-9-28-18-30-14-16-44-39(37(30)45-22-28)46-35-13-7-11-33(27(35)3)32-10-6-12-34(26(32)2)40-47-36-20-29(19-31(21-43)38(36)52-40)23-48-17-15-42(4,24-48)41(50)51/h6-7,10-14,16,18-20,22,25,49H,5,8-9,15,17,23-24H2,1-4H3,(H,44,46)(H,50,51)/t25-,42-/m1/s1. The summed E-state index contributed by atoms with van der Waals surface area (Å²) in [6.07, 6.45) is 6.49. The largest absolute Gasteiger partial charge is 0.481 e. The molecule has 1 aliphatic rings. The Kier molecular flexibility index (Phi) is 9.49. The molecule has 3 aromatic carbocycles. The summed E-state index contributed by atoms with van der Waals surface area (Å²) < 4.78 is 6.29. The van der Waals surface area contributed by atoms with Crippen LogP contribution in [-0.4, -0.2) is 55.2 Å². The first kappa shape index (κ1) is 34.8. The summed E-state index contributed by atoms with van der Waals surface area (Å²) in [6.45, 7) is 9.40. The van der Waals surface area contributed by atoms with Crippen LogP contribution in [0, 0.1) is 30.6 Å². The molecule has 10 nitrogen and oxygen atoms in total. The van der Waals surface area contributed by atoms with Crippen LogP contribution in [0.4, 0.5) is 11.5 Å². The van der Waals surface area contributed by atoms with Crippen molar-refractivity contribution in [2.45, 2.75) is 66.0 Å². The van der Waals surface area contributed by atoms with Gasteiger partial charge in [0.1, 0.15) is 17.1 Å². The van der Waals surface area contributed by atoms with Gasteiger partial charge in [-0.3, -0.25) is 14.7 Å². The minimum absolute atomic E-state index is 0.306. The van der Waals surface area contributed by atoms with Gasteiger partial charge in [0.2, 0.25) is 5.89 Å². The van der Waals surface area contributed by atoms with Crippen molar-refractivity contribution >= 4 is 39.5 Å². The van der Waals surface area contributed by atoms with E-state index in [9.17, 15) is 20.3 Å². The molecule has 0 radical (unpaired) electrons. The lowest BCUT2D eigenvalue weighted by Gasteiger charge is -2.20. The lowest BCUT2D eigenvalue weighted by atomic mass is 9.90. The number of aryl methyl sites for hydroxylation is 1. The van der Waals surface area contributed by atoms with Gasteiger partial charge in [-0.25, -0.2) is 9.97 Å². The van der Waals surface area contributed by atoms with Crippen LogP contribution in [-0.2, 0) is 17.8 Å². The Bertz CT molecular complexity index is 2360. The number of nitrogens with one attached hydrogen (secondary N) is 1. The Morgan fingerprint density at radius 2 is 1.83 bits per heavy atom. The van der Waals surface area contributed by atoms with Gasteiger partial charge in [-0.05, 0) is 130 Å². The van der Waals surface area contributed by atoms with Gasteiger partial charge in [0.05, 0.1) is 17.1 Å². The number of benzene rings is 3. The fourth-order valence-corrected chi connectivity index (χ4v) is 7.29. The highest BCUT2D eigenvalue weighted by atomic mass is 16.4. The van der Waals surface area contributed by atoms with Crippen molar-refractivity contribution in [2.75, 3.05) is 18.4 Å². The average molecular weight is 695 g/mol. The minimum Gasteiger partial charge on any atom is -0.481 e. The van der Waals surface area contributed by atoms with Crippen molar-refractivity contribution in [3.8, 4) is 28.7 Å². The second-order valence-corrected chi connectivity index (χ2v) is 14.3. The molecule has 0 spiro atoms. The summed E-state index contributed by atoms with van der Waals surface area (Å²) in [7, 11) is 0. The van der Waals surface area contributed by atoms with Crippen LogP contribution in [0.1, 0.15) is 60.9 Å². The first-order valence-corrected chi connectivity index (χ1v) is 17.7. The molecule has 1 saturated heterocycles. The van der Waals surface area contributed by atoms with Crippen molar-refractivity contribution in [1.82, 2.24) is 19.9 Å². The van der Waals surface area contributed by atoms with Gasteiger partial charge < -0.3 is 19.9 Å². The number of likely N-dealkylation sites (tertiary alicyclic amines) is 1. The van der Waals surface area contributed by atoms with E-state index in [2.05, 4.69) is 53.3 Å². The molecule has 7 rings (SSSR count). The van der Waals surface area contributed by atoms with Crippen molar-refractivity contribution in [2.24, 2.45) is 5.41 Å². The third-order valence-electron chi connectivity index (χ3n) is 10.3. The molecule has 4 heterocycles. The SMILES string of the molecule is Cc1c(Nc2nccc3cc(CCC[C@@H](C)O)cnc23)cccc1-c1cccc(-c2nc3cc(CN4CC[C@@](C)(C(=O)O)C4)cc(C#N)c3o2)c1C. The van der Waals surface area contributed by atoms with Gasteiger partial charge >= 0.3 is 5.97 Å². The zero-order valence-corrected chi connectivity index (χ0v) is 29.9. The molecule has 6 aromatic rings. The number of aliphatic carboxylic acids is 1. The molecule has 3 N–H and O–H groups in total. The van der Waals surface area contributed by atoms with E-state index in [1.54, 1.807) is 13.1 Å². The number of aliphatic hydroxyl groups is 1. The number of oxazole rings is 1. The third kappa shape index (κ3) is 6.85. The van der Waals surface area contributed by atoms with E-state index < -0.39 is 11.4 Å². The molecule has 52 heavy (non-hydrogen) atoms. The molecule has 2 atom stereocenters. The Hall–Kier alpha value is -5.63. The highest BCUT2D eigenvalue weighted by molar-refractivity contribution is 5.91. The summed E-state index contributed by atoms with van der Waals surface area (Å²) >= 11 is 0. The summed E-state index contributed by atoms with van der Waals surface area (Å²) in [5, 5.41) is 33.9. The maximum atomic E-state index is 11.8. The minimum atomic E-state index is -0.783. The van der Waals surface area contributed by atoms with Gasteiger partial charge in [0.25, 0.3) is 0 Å². The molecule has 1 fully saturated rings. The Morgan fingerprint density at radius 3 is 2.58 bits per heavy atom. The molecule has 0 saturated carbocycles. The third-order valence-corrected chi connectivity index (χ3v) is 10.3. The number of carboxylic acids is 1. The van der Waals surface area contributed by atoms with Crippen LogP contribution in [0.25, 0.3) is 44.6 Å². The quantitative estimate of drug-likeness (QED) is 0.121. The molecule has 264 valence electrons. The number of rotatable bonds is 11. The number of aliphatic hydroxyl groups excluding tert-OH is 1. The number of pyridine rings is 2. The first-order valence-electron chi connectivity index (χ1n) is 17.7. The fourth-order valence-electron chi connectivity index (χ4n) is 7.29. The van der Waals surface area contributed by atoms with Gasteiger partial charge in [0.15, 0.2) is 11.4 Å². The maximum Gasteiger partial charge on any atom is 0.310 e. The lowest BCUT2D eigenvalue weighted by Crippen LogP contribution is -2.31. The molecular formula is C42H42N6O4. The van der Waals surface area contributed by atoms with Crippen LogP contribution in [0.3, 0.4) is 0 Å². The number of nitrogens with zero attached hydrogens (tertiary/aromatic N) is 5. The van der Waals surface area contributed by atoms with E-state index in [4.69, 9.17) is 14.4 Å². The van der Waals surface area contributed by atoms with Crippen LogP contribution < -0.4 is 5.32 Å². The summed E-state index contributed by atoms with van der Waals surface area (Å²) in [5.74, 6) is 0.332. The van der Waals surface area contributed by atoms with Gasteiger partial charge in [-0.15, -0.1) is 0 Å². The van der Waals surface area contributed by atoms with Crippen LogP contribution in [0.2, 0.25) is 0 Å². The number of nitriles is 1. The van der Waals surface area contributed by atoms with E-state index in [1.165, 1.54) is 0 Å². The highest BCUT2D eigenvalue weighted by Crippen LogP contribution is 2.38. The molecule has 0 unspecified atom stereocenters. The predicted octanol–water partition coefficient (Wildman–Crippen LogP) is 8.34. The van der Waals surface area contributed by atoms with Crippen LogP contribution in [0.15, 0.2) is 77.5 Å². The first-order chi connectivity index (χ1) is 25.0. The number of aromatic nitrogens is 3. The molecule has 0 bridgehead atoms. The number of fused-ring (bicyclic) bond motifs is 2. The van der Waals surface area contributed by atoms with Crippen molar-refractivity contribution in [3.63, 3.8) is 0 Å². The second-order valence-electron chi connectivity index (χ2n) is 14.3. The normalized spacial score (nSPS) is 16.7. The number of hydrogen-bond donors (Lipinski definition) is 3. The van der Waals surface area contributed by atoms with E-state index >= 15 is 0 Å². The van der Waals surface area contributed by atoms with E-state index in [0.29, 0.717) is 54.4 Å². The fraction of sp³-hybridized carbons (Fsp3) is 0.310. The second kappa shape index (κ2) is 14.2. The maximum absolute atomic E-state index is 11.8. The topological polar surface area (TPSA) is 148 Å². The molecular weight excluding hydrogens is 653 g/mol. The Balaban J connectivity index is 1.16. The zero-order chi connectivity index (χ0) is 36.6. The number of hydrogen-bond acceptors (Lipinski definition) is 9. The van der Waals surface area contributed by atoms with Crippen LogP contribution >= 0.6 is 0 Å². The summed E-state index contributed by atoms with van der Waals surface area (Å²) in [5.41, 5.74) is 9.36. The van der Waals surface area contributed by atoms with Crippen molar-refractivity contribution in [1.29, 1.82) is 5.26 Å². The Labute approximate surface area is 302 Å². The number of carboxylic acid groups (broad SMARTS) is 1. The molecule has 0 aliphatic carbocycles. The van der Waals surface area contributed by atoms with Gasteiger partial charge in [-0.2, -0.15) is 5.26 Å². The molecule has 10 heteroatoms.